The van der Waals surface area contributed by atoms with E-state index in [1.807, 2.05) is 32.2 Å². The Morgan fingerprint density at radius 1 is 1.64 bits per heavy atom. The number of nitriles is 1. The molecular formula is C8H10N2O. The summed E-state index contributed by atoms with van der Waals surface area (Å²) < 4.78 is 5.27. The fourth-order valence-electron chi connectivity index (χ4n) is 0.811. The van der Waals surface area contributed by atoms with Gasteiger partial charge in [-0.05, 0) is 13.0 Å². The third-order valence-corrected chi connectivity index (χ3v) is 1.41. The van der Waals surface area contributed by atoms with Gasteiger partial charge in [-0.2, -0.15) is 5.26 Å². The number of hydrogen-bond donors (Lipinski definition) is 0. The number of aryl methyl sites for hydroxylation is 1. The van der Waals surface area contributed by atoms with Gasteiger partial charge in [0.25, 0.3) is 0 Å². The lowest BCUT2D eigenvalue weighted by Crippen LogP contribution is -2.15. The highest BCUT2D eigenvalue weighted by Gasteiger charge is 2.02. The predicted molar refractivity (Wildman–Crippen MR) is 42.3 cm³/mol. The molecule has 11 heavy (non-hydrogen) atoms. The molecule has 0 aliphatic heterocycles. The molecular weight excluding hydrogens is 140 g/mol. The Kier molecular flexibility index (Phi) is 2.17. The maximum atomic E-state index is 8.37. The summed E-state index contributed by atoms with van der Waals surface area (Å²) in [5.41, 5.74) is 0. The van der Waals surface area contributed by atoms with Crippen molar-refractivity contribution in [2.45, 2.75) is 6.92 Å². The van der Waals surface area contributed by atoms with Crippen LogP contribution in [0.15, 0.2) is 16.5 Å². The molecule has 0 unspecified atom stereocenters. The number of anilines is 1. The molecule has 0 saturated heterocycles. The van der Waals surface area contributed by atoms with Gasteiger partial charge in [0.15, 0.2) is 5.88 Å². The molecule has 0 fully saturated rings. The lowest BCUT2D eigenvalue weighted by atomic mass is 10.5. The van der Waals surface area contributed by atoms with Crippen molar-refractivity contribution < 1.29 is 4.42 Å². The van der Waals surface area contributed by atoms with Gasteiger partial charge >= 0.3 is 0 Å². The molecule has 0 amide bonds. The predicted octanol–water partition coefficient (Wildman–Crippen LogP) is 1.55. The zero-order valence-electron chi connectivity index (χ0n) is 6.66. The van der Waals surface area contributed by atoms with Crippen LogP contribution >= 0.6 is 0 Å². The largest absolute Gasteiger partial charge is 0.446 e. The fourth-order valence-corrected chi connectivity index (χ4v) is 0.811. The topological polar surface area (TPSA) is 40.2 Å². The second kappa shape index (κ2) is 3.11. The van der Waals surface area contributed by atoms with E-state index in [1.165, 1.54) is 0 Å². The lowest BCUT2D eigenvalue weighted by molar-refractivity contribution is 0.531. The average Bonchev–Trinajstić information content (AvgIpc) is 2.36. The molecule has 1 aromatic heterocycles. The highest BCUT2D eigenvalue weighted by molar-refractivity contribution is 5.36. The van der Waals surface area contributed by atoms with E-state index < -0.39 is 0 Å². The molecule has 0 radical (unpaired) electrons. The smallest absolute Gasteiger partial charge is 0.196 e. The van der Waals surface area contributed by atoms with Crippen molar-refractivity contribution in [3.05, 3.63) is 17.9 Å². The molecule has 0 aliphatic carbocycles. The minimum atomic E-state index is 0.354. The van der Waals surface area contributed by atoms with Gasteiger partial charge in [0, 0.05) is 13.1 Å². The van der Waals surface area contributed by atoms with Crippen LogP contribution in [0.2, 0.25) is 0 Å². The van der Waals surface area contributed by atoms with Crippen LogP contribution in [0.1, 0.15) is 5.76 Å². The van der Waals surface area contributed by atoms with Crippen molar-refractivity contribution >= 4 is 5.88 Å². The Morgan fingerprint density at radius 2 is 2.36 bits per heavy atom. The van der Waals surface area contributed by atoms with Crippen LogP contribution < -0.4 is 4.90 Å². The van der Waals surface area contributed by atoms with Crippen LogP contribution in [-0.2, 0) is 0 Å². The Labute approximate surface area is 65.8 Å². The standard InChI is InChI=1S/C8H10N2O/c1-7-3-4-8(11-7)10(2)6-5-9/h3-4H,6H2,1-2H3. The first-order valence-electron chi connectivity index (χ1n) is 3.38. The zero-order chi connectivity index (χ0) is 8.27. The second-order valence-corrected chi connectivity index (χ2v) is 2.40. The molecule has 0 N–H and O–H groups in total. The summed E-state index contributed by atoms with van der Waals surface area (Å²) in [7, 11) is 1.82. The molecule has 0 saturated carbocycles. The summed E-state index contributed by atoms with van der Waals surface area (Å²) in [4.78, 5) is 1.76. The normalized spacial score (nSPS) is 9.18. The van der Waals surface area contributed by atoms with E-state index in [4.69, 9.17) is 9.68 Å². The average molecular weight is 150 g/mol. The van der Waals surface area contributed by atoms with E-state index in [0.717, 1.165) is 11.6 Å². The van der Waals surface area contributed by atoms with Crippen molar-refractivity contribution in [1.82, 2.24) is 0 Å². The summed E-state index contributed by atoms with van der Waals surface area (Å²) in [5, 5.41) is 8.37. The van der Waals surface area contributed by atoms with E-state index in [9.17, 15) is 0 Å². The Morgan fingerprint density at radius 3 is 2.82 bits per heavy atom. The molecule has 0 atom stereocenters. The minimum absolute atomic E-state index is 0.354. The van der Waals surface area contributed by atoms with Crippen molar-refractivity contribution in [2.24, 2.45) is 0 Å². The second-order valence-electron chi connectivity index (χ2n) is 2.40. The van der Waals surface area contributed by atoms with Gasteiger partial charge in [-0.1, -0.05) is 0 Å². The maximum Gasteiger partial charge on any atom is 0.196 e. The molecule has 0 bridgehead atoms. The van der Waals surface area contributed by atoms with Crippen molar-refractivity contribution in [1.29, 1.82) is 5.26 Å². The van der Waals surface area contributed by atoms with Crippen molar-refractivity contribution in [3.8, 4) is 6.07 Å². The molecule has 1 rings (SSSR count). The first-order valence-corrected chi connectivity index (χ1v) is 3.38. The van der Waals surface area contributed by atoms with Gasteiger partial charge in [0.05, 0.1) is 6.07 Å². The van der Waals surface area contributed by atoms with Gasteiger partial charge < -0.3 is 9.32 Å². The molecule has 1 heterocycles. The Bertz CT molecular complexity index is 272. The van der Waals surface area contributed by atoms with Crippen LogP contribution in [0.4, 0.5) is 5.88 Å². The first kappa shape index (κ1) is 7.67. The number of furan rings is 1. The van der Waals surface area contributed by atoms with Gasteiger partial charge in [0.2, 0.25) is 0 Å². The van der Waals surface area contributed by atoms with Crippen LogP contribution in [0, 0.1) is 18.3 Å². The van der Waals surface area contributed by atoms with Crippen LogP contribution in [-0.4, -0.2) is 13.6 Å². The van der Waals surface area contributed by atoms with Crippen molar-refractivity contribution in [2.75, 3.05) is 18.5 Å². The van der Waals surface area contributed by atoms with E-state index >= 15 is 0 Å². The highest BCUT2D eigenvalue weighted by Crippen LogP contribution is 2.15. The van der Waals surface area contributed by atoms with Gasteiger partial charge in [-0.15, -0.1) is 0 Å². The molecule has 0 spiro atoms. The Balaban J connectivity index is 2.70. The third-order valence-electron chi connectivity index (χ3n) is 1.41. The van der Waals surface area contributed by atoms with Crippen LogP contribution in [0.25, 0.3) is 0 Å². The van der Waals surface area contributed by atoms with E-state index in [1.54, 1.807) is 4.90 Å². The molecule has 0 aliphatic rings. The zero-order valence-corrected chi connectivity index (χ0v) is 6.66. The lowest BCUT2D eigenvalue weighted by Gasteiger charge is -2.09. The summed E-state index contributed by atoms with van der Waals surface area (Å²) in [6.07, 6.45) is 0. The molecule has 0 aromatic carbocycles. The molecule has 3 nitrogen and oxygen atoms in total. The monoisotopic (exact) mass is 150 g/mol. The first-order chi connectivity index (χ1) is 5.24. The minimum Gasteiger partial charge on any atom is -0.446 e. The highest BCUT2D eigenvalue weighted by atomic mass is 16.4. The molecule has 3 heteroatoms. The number of hydrogen-bond acceptors (Lipinski definition) is 3. The number of nitrogens with zero attached hydrogens (tertiary/aromatic N) is 2. The van der Waals surface area contributed by atoms with Crippen molar-refractivity contribution in [3.63, 3.8) is 0 Å². The fraction of sp³-hybridized carbons (Fsp3) is 0.375. The molecule has 1 aromatic rings. The van der Waals surface area contributed by atoms with E-state index in [0.29, 0.717) is 6.54 Å². The van der Waals surface area contributed by atoms with Gasteiger partial charge in [0.1, 0.15) is 12.3 Å². The summed E-state index contributed by atoms with van der Waals surface area (Å²) >= 11 is 0. The summed E-state index contributed by atoms with van der Waals surface area (Å²) in [5.74, 6) is 1.61. The quantitative estimate of drug-likeness (QED) is 0.600. The maximum absolute atomic E-state index is 8.37. The third kappa shape index (κ3) is 1.74. The van der Waals surface area contributed by atoms with Gasteiger partial charge in [-0.25, -0.2) is 0 Å². The summed E-state index contributed by atoms with van der Waals surface area (Å²) in [6, 6.07) is 5.77. The van der Waals surface area contributed by atoms with E-state index in [-0.39, 0.29) is 0 Å². The Hall–Kier alpha value is -1.43. The molecule has 58 valence electrons. The summed E-state index contributed by atoms with van der Waals surface area (Å²) in [6.45, 7) is 2.23. The van der Waals surface area contributed by atoms with Crippen LogP contribution in [0.3, 0.4) is 0 Å². The van der Waals surface area contributed by atoms with Crippen LogP contribution in [0.5, 0.6) is 0 Å². The van der Waals surface area contributed by atoms with E-state index in [2.05, 4.69) is 0 Å². The number of rotatable bonds is 2. The van der Waals surface area contributed by atoms with Gasteiger partial charge in [-0.3, -0.25) is 0 Å². The SMILES string of the molecule is Cc1ccc(N(C)CC#N)o1.